The van der Waals surface area contributed by atoms with Crippen molar-refractivity contribution in [1.29, 1.82) is 0 Å². The summed E-state index contributed by atoms with van der Waals surface area (Å²) < 4.78 is 0. The molecule has 74 valence electrons. The second-order valence-corrected chi connectivity index (χ2v) is 2.97. The van der Waals surface area contributed by atoms with Crippen LogP contribution in [0, 0.1) is 5.92 Å². The lowest BCUT2D eigenvalue weighted by atomic mass is 10.0. The lowest BCUT2D eigenvalue weighted by Gasteiger charge is -2.03. The van der Waals surface area contributed by atoms with Crippen LogP contribution in [0.5, 0.6) is 0 Å². The van der Waals surface area contributed by atoms with Gasteiger partial charge in [0, 0.05) is 0 Å². The third-order valence-electron chi connectivity index (χ3n) is 1.93. The standard InChI is InChI=1S/C10H20.C2H6/c1-4-6-7-8-9-10(3)5-2;1-2/h6-7,10H,4-5,8-9H2,1-3H3;1-2H3/b7-6-;. The van der Waals surface area contributed by atoms with E-state index in [0.717, 1.165) is 5.92 Å². The van der Waals surface area contributed by atoms with Crippen molar-refractivity contribution in [3.63, 3.8) is 0 Å². The molecule has 0 nitrogen and oxygen atoms in total. The first kappa shape index (κ1) is 14.3. The van der Waals surface area contributed by atoms with Crippen molar-refractivity contribution in [3.8, 4) is 0 Å². The predicted molar refractivity (Wildman–Crippen MR) is 59.5 cm³/mol. The quantitative estimate of drug-likeness (QED) is 0.520. The molecular weight excluding hydrogens is 144 g/mol. The maximum absolute atomic E-state index is 2.32. The summed E-state index contributed by atoms with van der Waals surface area (Å²) in [5.41, 5.74) is 0. The molecule has 1 unspecified atom stereocenters. The first-order valence-electron chi connectivity index (χ1n) is 5.46. The Bertz CT molecular complexity index is 82.0. The van der Waals surface area contributed by atoms with Crippen molar-refractivity contribution in [1.82, 2.24) is 0 Å². The summed E-state index contributed by atoms with van der Waals surface area (Å²) in [5.74, 6) is 0.904. The van der Waals surface area contributed by atoms with Gasteiger partial charge in [0.1, 0.15) is 0 Å². The molecule has 0 aromatic heterocycles. The number of rotatable bonds is 5. The summed E-state index contributed by atoms with van der Waals surface area (Å²) in [5, 5.41) is 0. The van der Waals surface area contributed by atoms with E-state index in [1.807, 2.05) is 13.8 Å². The maximum atomic E-state index is 2.32. The highest BCUT2D eigenvalue weighted by molar-refractivity contribution is 4.80. The van der Waals surface area contributed by atoms with E-state index < -0.39 is 0 Å². The van der Waals surface area contributed by atoms with Crippen molar-refractivity contribution in [3.05, 3.63) is 12.2 Å². The summed E-state index contributed by atoms with van der Waals surface area (Å²) in [7, 11) is 0. The van der Waals surface area contributed by atoms with E-state index in [9.17, 15) is 0 Å². The molecule has 0 aliphatic heterocycles. The minimum atomic E-state index is 0.904. The predicted octanol–water partition coefficient (Wildman–Crippen LogP) is 4.81. The molecule has 0 N–H and O–H groups in total. The van der Waals surface area contributed by atoms with E-state index in [1.54, 1.807) is 0 Å². The minimum Gasteiger partial charge on any atom is -0.0888 e. The van der Waals surface area contributed by atoms with Crippen LogP contribution in [0.4, 0.5) is 0 Å². The van der Waals surface area contributed by atoms with E-state index in [2.05, 4.69) is 32.9 Å². The molecule has 0 aromatic rings. The Labute approximate surface area is 79.1 Å². The third-order valence-corrected chi connectivity index (χ3v) is 1.93. The summed E-state index contributed by atoms with van der Waals surface area (Å²) in [6, 6.07) is 0. The van der Waals surface area contributed by atoms with Gasteiger partial charge in [-0.2, -0.15) is 0 Å². The Kier molecular flexibility index (Phi) is 15.9. The van der Waals surface area contributed by atoms with Gasteiger partial charge in [-0.1, -0.05) is 53.2 Å². The van der Waals surface area contributed by atoms with Crippen molar-refractivity contribution in [2.45, 2.75) is 60.3 Å². The molecule has 12 heavy (non-hydrogen) atoms. The first-order valence-corrected chi connectivity index (χ1v) is 5.46. The largest absolute Gasteiger partial charge is 0.0888 e. The molecule has 0 aliphatic rings. The van der Waals surface area contributed by atoms with Gasteiger partial charge in [-0.15, -0.1) is 0 Å². The second-order valence-electron chi connectivity index (χ2n) is 2.97. The zero-order valence-electron chi connectivity index (χ0n) is 9.56. The van der Waals surface area contributed by atoms with Gasteiger partial charge in [0.25, 0.3) is 0 Å². The lowest BCUT2D eigenvalue weighted by Crippen LogP contribution is -1.89. The Morgan fingerprint density at radius 2 is 1.67 bits per heavy atom. The van der Waals surface area contributed by atoms with Crippen LogP contribution >= 0.6 is 0 Å². The Hall–Kier alpha value is -0.260. The molecule has 0 saturated heterocycles. The highest BCUT2D eigenvalue weighted by Gasteiger charge is 1.94. The second kappa shape index (κ2) is 13.3. The van der Waals surface area contributed by atoms with E-state index in [4.69, 9.17) is 0 Å². The molecule has 0 amide bonds. The molecule has 0 rings (SSSR count). The van der Waals surface area contributed by atoms with Crippen LogP contribution in [0.1, 0.15) is 60.3 Å². The van der Waals surface area contributed by atoms with Crippen LogP contribution in [-0.2, 0) is 0 Å². The van der Waals surface area contributed by atoms with Gasteiger partial charge < -0.3 is 0 Å². The van der Waals surface area contributed by atoms with Crippen LogP contribution in [-0.4, -0.2) is 0 Å². The van der Waals surface area contributed by atoms with Gasteiger partial charge >= 0.3 is 0 Å². The van der Waals surface area contributed by atoms with Crippen LogP contribution in [0.2, 0.25) is 0 Å². The topological polar surface area (TPSA) is 0 Å². The maximum Gasteiger partial charge on any atom is -0.0348 e. The number of hydrogen-bond acceptors (Lipinski definition) is 0. The van der Waals surface area contributed by atoms with E-state index in [0.29, 0.717) is 0 Å². The van der Waals surface area contributed by atoms with E-state index >= 15 is 0 Å². The average Bonchev–Trinajstić information content (AvgIpc) is 2.15. The Morgan fingerprint density at radius 1 is 1.08 bits per heavy atom. The molecule has 0 fully saturated rings. The minimum absolute atomic E-state index is 0.904. The summed E-state index contributed by atoms with van der Waals surface area (Å²) >= 11 is 0. The van der Waals surface area contributed by atoms with Gasteiger partial charge in [-0.05, 0) is 25.2 Å². The molecule has 0 heterocycles. The highest BCUT2D eigenvalue weighted by atomic mass is 14.0. The molecule has 0 heteroatoms. The molecule has 0 radical (unpaired) electrons. The summed E-state index contributed by atoms with van der Waals surface area (Å²) in [6.07, 6.45) is 9.67. The molecule has 0 saturated carbocycles. The summed E-state index contributed by atoms with van der Waals surface area (Å²) in [4.78, 5) is 0. The first-order chi connectivity index (χ1) is 5.81. The van der Waals surface area contributed by atoms with Crippen molar-refractivity contribution >= 4 is 0 Å². The number of hydrogen-bond donors (Lipinski definition) is 0. The van der Waals surface area contributed by atoms with Gasteiger partial charge in [-0.3, -0.25) is 0 Å². The molecule has 0 aliphatic carbocycles. The molecule has 0 spiro atoms. The van der Waals surface area contributed by atoms with Crippen LogP contribution < -0.4 is 0 Å². The van der Waals surface area contributed by atoms with E-state index in [1.165, 1.54) is 25.7 Å². The Morgan fingerprint density at radius 3 is 2.08 bits per heavy atom. The van der Waals surface area contributed by atoms with Crippen LogP contribution in [0.15, 0.2) is 12.2 Å². The van der Waals surface area contributed by atoms with Crippen LogP contribution in [0.3, 0.4) is 0 Å². The monoisotopic (exact) mass is 170 g/mol. The molecule has 0 aromatic carbocycles. The average molecular weight is 170 g/mol. The lowest BCUT2D eigenvalue weighted by molar-refractivity contribution is 0.521. The van der Waals surface area contributed by atoms with Gasteiger partial charge in [0.05, 0.1) is 0 Å². The van der Waals surface area contributed by atoms with Crippen molar-refractivity contribution in [2.75, 3.05) is 0 Å². The highest BCUT2D eigenvalue weighted by Crippen LogP contribution is 2.09. The molecule has 0 bridgehead atoms. The van der Waals surface area contributed by atoms with Gasteiger partial charge in [0.2, 0.25) is 0 Å². The fourth-order valence-corrected chi connectivity index (χ4v) is 0.869. The smallest absolute Gasteiger partial charge is 0.0348 e. The third kappa shape index (κ3) is 12.4. The van der Waals surface area contributed by atoms with Gasteiger partial charge in [0.15, 0.2) is 0 Å². The Balaban J connectivity index is 0. The SMILES string of the molecule is CC.CC/C=C\CCC(C)CC. The van der Waals surface area contributed by atoms with Crippen molar-refractivity contribution in [2.24, 2.45) is 5.92 Å². The molecule has 1 atom stereocenters. The fourth-order valence-electron chi connectivity index (χ4n) is 0.869. The zero-order valence-corrected chi connectivity index (χ0v) is 9.56. The molecular formula is C12H26. The zero-order chi connectivity index (χ0) is 9.82. The van der Waals surface area contributed by atoms with Crippen LogP contribution in [0.25, 0.3) is 0 Å². The van der Waals surface area contributed by atoms with Crippen molar-refractivity contribution < 1.29 is 0 Å². The van der Waals surface area contributed by atoms with E-state index in [-0.39, 0.29) is 0 Å². The fraction of sp³-hybridized carbons (Fsp3) is 0.833. The normalized spacial score (nSPS) is 12.4. The summed E-state index contributed by atoms with van der Waals surface area (Å²) in [6.45, 7) is 10.8. The number of allylic oxidation sites excluding steroid dienone is 2. The van der Waals surface area contributed by atoms with Gasteiger partial charge in [-0.25, -0.2) is 0 Å².